The van der Waals surface area contributed by atoms with E-state index in [1.165, 1.54) is 18.2 Å². The average Bonchev–Trinajstić information content (AvgIpc) is 2.98. The van der Waals surface area contributed by atoms with Crippen LogP contribution in [0.3, 0.4) is 0 Å². The second kappa shape index (κ2) is 7.17. The van der Waals surface area contributed by atoms with Crippen LogP contribution < -0.4 is 15.5 Å². The highest BCUT2D eigenvalue weighted by Crippen LogP contribution is 2.27. The number of benzene rings is 2. The monoisotopic (exact) mass is 323 g/mol. The van der Waals surface area contributed by atoms with Gasteiger partial charge in [-0.25, -0.2) is 0 Å². The minimum Gasteiger partial charge on any atom is -0.370 e. The Hall–Kier alpha value is -2.82. The smallest absolute Gasteiger partial charge is 0.226 e. The third-order valence-corrected chi connectivity index (χ3v) is 4.08. The molecule has 2 aromatic rings. The van der Waals surface area contributed by atoms with E-state index in [9.17, 15) is 9.59 Å². The van der Waals surface area contributed by atoms with Crippen LogP contribution in [0.2, 0.25) is 0 Å². The van der Waals surface area contributed by atoms with Gasteiger partial charge in [-0.15, -0.1) is 0 Å². The maximum atomic E-state index is 12.1. The third kappa shape index (κ3) is 3.93. The van der Waals surface area contributed by atoms with Crippen molar-refractivity contribution in [3.63, 3.8) is 0 Å². The molecule has 2 aromatic carbocycles. The lowest BCUT2D eigenvalue weighted by atomic mass is 10.2. The molecule has 0 unspecified atom stereocenters. The van der Waals surface area contributed by atoms with Crippen LogP contribution in [0.5, 0.6) is 0 Å². The summed E-state index contributed by atoms with van der Waals surface area (Å²) in [6.07, 6.45) is 1.49. The fourth-order valence-electron chi connectivity index (χ4n) is 2.94. The largest absolute Gasteiger partial charge is 0.370 e. The molecule has 2 amide bonds. The molecule has 0 saturated carbocycles. The minimum absolute atomic E-state index is 0.00772. The van der Waals surface area contributed by atoms with Gasteiger partial charge in [-0.3, -0.25) is 9.59 Å². The molecule has 0 saturated heterocycles. The molecule has 0 spiro atoms. The molecule has 1 aliphatic rings. The van der Waals surface area contributed by atoms with E-state index in [2.05, 4.69) is 33.7 Å². The van der Waals surface area contributed by atoms with Crippen molar-refractivity contribution < 1.29 is 9.59 Å². The highest BCUT2D eigenvalue weighted by atomic mass is 16.2. The van der Waals surface area contributed by atoms with Crippen LogP contribution in [0.15, 0.2) is 48.5 Å². The molecule has 124 valence electrons. The number of anilines is 3. The molecular weight excluding hydrogens is 302 g/mol. The van der Waals surface area contributed by atoms with E-state index in [1.54, 1.807) is 24.3 Å². The molecule has 0 aliphatic carbocycles. The van der Waals surface area contributed by atoms with E-state index < -0.39 is 0 Å². The molecular formula is C19H21N3O2. The predicted molar refractivity (Wildman–Crippen MR) is 96.4 cm³/mol. The van der Waals surface area contributed by atoms with Crippen LogP contribution in [0.25, 0.3) is 0 Å². The SMILES string of the molecule is CC(=O)Nc1ccc(NC(=O)CCN2CCc3ccccc32)cc1. The van der Waals surface area contributed by atoms with Crippen LogP contribution in [0, 0.1) is 0 Å². The number of carbonyl (C=O) groups excluding carboxylic acids is 2. The van der Waals surface area contributed by atoms with Crippen molar-refractivity contribution in [2.45, 2.75) is 19.8 Å². The van der Waals surface area contributed by atoms with Crippen LogP contribution in [-0.2, 0) is 16.0 Å². The number of nitrogens with zero attached hydrogens (tertiary/aromatic N) is 1. The van der Waals surface area contributed by atoms with Crippen molar-refractivity contribution in [2.24, 2.45) is 0 Å². The minimum atomic E-state index is -0.113. The van der Waals surface area contributed by atoms with Crippen molar-refractivity contribution in [3.05, 3.63) is 54.1 Å². The van der Waals surface area contributed by atoms with Crippen LogP contribution in [0.1, 0.15) is 18.9 Å². The molecule has 2 N–H and O–H groups in total. The number of rotatable bonds is 5. The van der Waals surface area contributed by atoms with Crippen LogP contribution in [0.4, 0.5) is 17.1 Å². The highest BCUT2D eigenvalue weighted by Gasteiger charge is 2.18. The lowest BCUT2D eigenvalue weighted by Gasteiger charge is -2.19. The number of carbonyl (C=O) groups is 2. The van der Waals surface area contributed by atoms with E-state index in [0.29, 0.717) is 18.7 Å². The van der Waals surface area contributed by atoms with E-state index in [4.69, 9.17) is 0 Å². The summed E-state index contributed by atoms with van der Waals surface area (Å²) in [5.74, 6) is -0.121. The number of fused-ring (bicyclic) bond motifs is 1. The fourth-order valence-corrected chi connectivity index (χ4v) is 2.94. The molecule has 1 aliphatic heterocycles. The highest BCUT2D eigenvalue weighted by molar-refractivity contribution is 5.92. The van der Waals surface area contributed by atoms with Gasteiger partial charge in [0.2, 0.25) is 11.8 Å². The molecule has 0 atom stereocenters. The zero-order chi connectivity index (χ0) is 16.9. The predicted octanol–water partition coefficient (Wildman–Crippen LogP) is 3.04. The number of hydrogen-bond acceptors (Lipinski definition) is 3. The summed E-state index contributed by atoms with van der Waals surface area (Å²) in [5, 5.41) is 5.59. The molecule has 5 nitrogen and oxygen atoms in total. The molecule has 0 aromatic heterocycles. The molecule has 24 heavy (non-hydrogen) atoms. The Morgan fingerprint density at radius 3 is 2.38 bits per heavy atom. The zero-order valence-electron chi connectivity index (χ0n) is 13.7. The van der Waals surface area contributed by atoms with Crippen molar-refractivity contribution in [3.8, 4) is 0 Å². The first kappa shape index (κ1) is 16.1. The Morgan fingerprint density at radius 1 is 1.00 bits per heavy atom. The summed E-state index contributed by atoms with van der Waals surface area (Å²) < 4.78 is 0. The summed E-state index contributed by atoms with van der Waals surface area (Å²) in [4.78, 5) is 25.4. The van der Waals surface area contributed by atoms with E-state index in [1.807, 2.05) is 6.07 Å². The van der Waals surface area contributed by atoms with Gasteiger partial charge >= 0.3 is 0 Å². The van der Waals surface area contributed by atoms with Crippen molar-refractivity contribution in [2.75, 3.05) is 28.6 Å². The Balaban J connectivity index is 1.50. The number of hydrogen-bond donors (Lipinski definition) is 2. The first-order valence-corrected chi connectivity index (χ1v) is 8.12. The normalized spacial score (nSPS) is 12.6. The Bertz CT molecular complexity index is 741. The van der Waals surface area contributed by atoms with Gasteiger partial charge in [-0.2, -0.15) is 0 Å². The lowest BCUT2D eigenvalue weighted by molar-refractivity contribution is -0.116. The lowest BCUT2D eigenvalue weighted by Crippen LogP contribution is -2.26. The standard InChI is InChI=1S/C19H21N3O2/c1-14(23)20-16-6-8-17(9-7-16)21-19(24)11-13-22-12-10-15-4-2-3-5-18(15)22/h2-9H,10-13H2,1H3,(H,20,23)(H,21,24). The number of nitrogens with one attached hydrogen (secondary N) is 2. The van der Waals surface area contributed by atoms with Gasteiger partial charge < -0.3 is 15.5 Å². The van der Waals surface area contributed by atoms with Gasteiger partial charge in [0.15, 0.2) is 0 Å². The maximum absolute atomic E-state index is 12.1. The second-order valence-electron chi connectivity index (χ2n) is 5.92. The van der Waals surface area contributed by atoms with Gasteiger partial charge in [0, 0.05) is 43.5 Å². The van der Waals surface area contributed by atoms with Gasteiger partial charge in [0.25, 0.3) is 0 Å². The molecule has 0 radical (unpaired) electrons. The van der Waals surface area contributed by atoms with E-state index in [-0.39, 0.29) is 11.8 Å². The Morgan fingerprint density at radius 2 is 1.67 bits per heavy atom. The third-order valence-electron chi connectivity index (χ3n) is 4.08. The number of para-hydroxylation sites is 1. The maximum Gasteiger partial charge on any atom is 0.226 e. The second-order valence-corrected chi connectivity index (χ2v) is 5.92. The van der Waals surface area contributed by atoms with Gasteiger partial charge in [-0.1, -0.05) is 18.2 Å². The first-order valence-electron chi connectivity index (χ1n) is 8.12. The van der Waals surface area contributed by atoms with E-state index >= 15 is 0 Å². The summed E-state index contributed by atoms with van der Waals surface area (Å²) in [7, 11) is 0. The quantitative estimate of drug-likeness (QED) is 0.889. The number of amides is 2. The molecule has 5 heteroatoms. The Labute approximate surface area is 141 Å². The first-order chi connectivity index (χ1) is 11.6. The fraction of sp³-hybridized carbons (Fsp3) is 0.263. The van der Waals surface area contributed by atoms with Gasteiger partial charge in [0.1, 0.15) is 0 Å². The summed E-state index contributed by atoms with van der Waals surface area (Å²) in [6.45, 7) is 3.15. The molecule has 0 bridgehead atoms. The summed E-state index contributed by atoms with van der Waals surface area (Å²) >= 11 is 0. The zero-order valence-corrected chi connectivity index (χ0v) is 13.7. The van der Waals surface area contributed by atoms with E-state index in [0.717, 1.165) is 18.7 Å². The van der Waals surface area contributed by atoms with Crippen molar-refractivity contribution in [1.29, 1.82) is 0 Å². The van der Waals surface area contributed by atoms with Crippen molar-refractivity contribution in [1.82, 2.24) is 0 Å². The van der Waals surface area contributed by atoms with Gasteiger partial charge in [0.05, 0.1) is 0 Å². The Kier molecular flexibility index (Phi) is 4.79. The molecule has 0 fully saturated rings. The van der Waals surface area contributed by atoms with Crippen molar-refractivity contribution >= 4 is 28.9 Å². The summed E-state index contributed by atoms with van der Waals surface area (Å²) in [5.41, 5.74) is 4.04. The van der Waals surface area contributed by atoms with Crippen LogP contribution in [-0.4, -0.2) is 24.9 Å². The van der Waals surface area contributed by atoms with Crippen LogP contribution >= 0.6 is 0 Å². The summed E-state index contributed by atoms with van der Waals surface area (Å²) in [6, 6.07) is 15.5. The molecule has 1 heterocycles. The van der Waals surface area contributed by atoms with Gasteiger partial charge in [-0.05, 0) is 42.3 Å². The average molecular weight is 323 g/mol. The molecule has 3 rings (SSSR count). The topological polar surface area (TPSA) is 61.4 Å².